The Balaban J connectivity index is 1.78. The lowest BCUT2D eigenvalue weighted by Gasteiger charge is -2.39. The molecule has 2 unspecified atom stereocenters. The van der Waals surface area contributed by atoms with Gasteiger partial charge in [0.1, 0.15) is 11.5 Å². The van der Waals surface area contributed by atoms with Crippen molar-refractivity contribution in [2.24, 2.45) is 0 Å². The van der Waals surface area contributed by atoms with Crippen molar-refractivity contribution in [1.82, 2.24) is 15.2 Å². The van der Waals surface area contributed by atoms with Gasteiger partial charge < -0.3 is 10.2 Å². The van der Waals surface area contributed by atoms with Crippen LogP contribution in [0.4, 0.5) is 4.39 Å². The van der Waals surface area contributed by atoms with Gasteiger partial charge in [-0.2, -0.15) is 0 Å². The molecule has 1 amide bonds. The van der Waals surface area contributed by atoms with Crippen LogP contribution in [0.15, 0.2) is 18.3 Å². The third-order valence-corrected chi connectivity index (χ3v) is 4.32. The van der Waals surface area contributed by atoms with E-state index in [-0.39, 0.29) is 11.9 Å². The van der Waals surface area contributed by atoms with Gasteiger partial charge in [-0.1, -0.05) is 0 Å². The van der Waals surface area contributed by atoms with Crippen molar-refractivity contribution in [3.05, 3.63) is 29.8 Å². The Kier molecular flexibility index (Phi) is 3.96. The van der Waals surface area contributed by atoms with E-state index in [4.69, 9.17) is 0 Å². The first-order chi connectivity index (χ1) is 9.75. The molecule has 108 valence electrons. The summed E-state index contributed by atoms with van der Waals surface area (Å²) >= 11 is 0. The van der Waals surface area contributed by atoms with Crippen LogP contribution in [0.2, 0.25) is 0 Å². The van der Waals surface area contributed by atoms with Crippen molar-refractivity contribution < 1.29 is 9.18 Å². The van der Waals surface area contributed by atoms with Gasteiger partial charge in [0.05, 0.1) is 6.20 Å². The van der Waals surface area contributed by atoms with Crippen LogP contribution in [0, 0.1) is 5.82 Å². The smallest absolute Gasteiger partial charge is 0.272 e. The normalized spacial score (nSPS) is 26.8. The molecule has 20 heavy (non-hydrogen) atoms. The number of carbonyl (C=O) groups is 1. The van der Waals surface area contributed by atoms with E-state index < -0.39 is 5.82 Å². The van der Waals surface area contributed by atoms with E-state index in [2.05, 4.69) is 10.3 Å². The second kappa shape index (κ2) is 5.87. The van der Waals surface area contributed by atoms with Crippen LogP contribution in [-0.2, 0) is 0 Å². The minimum atomic E-state index is -0.408. The highest BCUT2D eigenvalue weighted by atomic mass is 19.1. The van der Waals surface area contributed by atoms with Gasteiger partial charge in [-0.25, -0.2) is 9.37 Å². The molecule has 5 heteroatoms. The molecule has 2 fully saturated rings. The molecular formula is C15H20FN3O. The Bertz CT molecular complexity index is 471. The van der Waals surface area contributed by atoms with Gasteiger partial charge in [-0.05, 0) is 50.8 Å². The van der Waals surface area contributed by atoms with Crippen molar-refractivity contribution in [1.29, 1.82) is 0 Å². The summed E-state index contributed by atoms with van der Waals surface area (Å²) in [6.45, 7) is 1.82. The Morgan fingerprint density at radius 3 is 2.90 bits per heavy atom. The molecule has 1 aromatic heterocycles. The third-order valence-electron chi connectivity index (χ3n) is 4.32. The fraction of sp³-hybridized carbons (Fsp3) is 0.600. The van der Waals surface area contributed by atoms with Crippen LogP contribution in [0.25, 0.3) is 0 Å². The Morgan fingerprint density at radius 1 is 1.30 bits per heavy atom. The van der Waals surface area contributed by atoms with Crippen LogP contribution in [0.1, 0.15) is 42.6 Å². The molecule has 0 spiro atoms. The maximum absolute atomic E-state index is 12.9. The molecule has 0 aliphatic carbocycles. The highest BCUT2D eigenvalue weighted by molar-refractivity contribution is 5.92. The van der Waals surface area contributed by atoms with E-state index in [1.165, 1.54) is 25.0 Å². The predicted octanol–water partition coefficient (Wildman–Crippen LogP) is 1.97. The van der Waals surface area contributed by atoms with Gasteiger partial charge in [0.2, 0.25) is 0 Å². The summed E-state index contributed by atoms with van der Waals surface area (Å²) in [5, 5.41) is 3.50. The van der Waals surface area contributed by atoms with Crippen molar-refractivity contribution in [3.8, 4) is 0 Å². The molecule has 3 heterocycles. The predicted molar refractivity (Wildman–Crippen MR) is 73.9 cm³/mol. The quantitative estimate of drug-likeness (QED) is 0.899. The van der Waals surface area contributed by atoms with Gasteiger partial charge in [-0.3, -0.25) is 4.79 Å². The second-order valence-electron chi connectivity index (χ2n) is 5.63. The first-order valence-corrected chi connectivity index (χ1v) is 7.41. The van der Waals surface area contributed by atoms with Crippen molar-refractivity contribution in [2.75, 3.05) is 13.1 Å². The van der Waals surface area contributed by atoms with Gasteiger partial charge in [0.25, 0.3) is 5.91 Å². The summed E-state index contributed by atoms with van der Waals surface area (Å²) < 4.78 is 12.9. The fourth-order valence-corrected chi connectivity index (χ4v) is 3.32. The van der Waals surface area contributed by atoms with E-state index >= 15 is 0 Å². The summed E-state index contributed by atoms with van der Waals surface area (Å²) in [5.41, 5.74) is 0.344. The summed E-state index contributed by atoms with van der Waals surface area (Å²) in [5.74, 6) is -0.474. The number of rotatable bonds is 2. The maximum Gasteiger partial charge on any atom is 0.272 e. The summed E-state index contributed by atoms with van der Waals surface area (Å²) in [4.78, 5) is 18.5. The van der Waals surface area contributed by atoms with E-state index in [9.17, 15) is 9.18 Å². The number of nitrogens with one attached hydrogen (secondary N) is 1. The second-order valence-corrected chi connectivity index (χ2v) is 5.63. The molecule has 3 rings (SSSR count). The van der Waals surface area contributed by atoms with E-state index in [1.807, 2.05) is 4.90 Å². The highest BCUT2D eigenvalue weighted by Crippen LogP contribution is 2.25. The number of carbonyl (C=O) groups excluding carboxylic acids is 1. The molecule has 0 aromatic carbocycles. The van der Waals surface area contributed by atoms with Crippen LogP contribution in [-0.4, -0.2) is 41.0 Å². The Morgan fingerprint density at radius 2 is 2.20 bits per heavy atom. The van der Waals surface area contributed by atoms with Crippen LogP contribution in [0.3, 0.4) is 0 Å². The highest BCUT2D eigenvalue weighted by Gasteiger charge is 2.34. The van der Waals surface area contributed by atoms with E-state index in [0.717, 1.165) is 38.5 Å². The van der Waals surface area contributed by atoms with Crippen LogP contribution in [0.5, 0.6) is 0 Å². The minimum Gasteiger partial charge on any atom is -0.333 e. The van der Waals surface area contributed by atoms with Gasteiger partial charge in [0.15, 0.2) is 0 Å². The largest absolute Gasteiger partial charge is 0.333 e. The van der Waals surface area contributed by atoms with Gasteiger partial charge in [-0.15, -0.1) is 0 Å². The lowest BCUT2D eigenvalue weighted by atomic mass is 9.94. The van der Waals surface area contributed by atoms with Gasteiger partial charge >= 0.3 is 0 Å². The average molecular weight is 277 g/mol. The lowest BCUT2D eigenvalue weighted by Crippen LogP contribution is -2.52. The zero-order valence-corrected chi connectivity index (χ0v) is 11.5. The molecule has 1 aromatic rings. The SMILES string of the molecule is O=C(c1ccc(F)cn1)N1CCCCC1C1CCCN1. The molecule has 0 saturated carbocycles. The van der Waals surface area contributed by atoms with Gasteiger partial charge in [0, 0.05) is 18.6 Å². The number of halogens is 1. The van der Waals surface area contributed by atoms with Crippen LogP contribution >= 0.6 is 0 Å². The monoisotopic (exact) mass is 277 g/mol. The van der Waals surface area contributed by atoms with Crippen molar-refractivity contribution in [2.45, 2.75) is 44.2 Å². The molecule has 2 aliphatic rings. The standard InChI is InChI=1S/C15H20FN3O/c16-11-6-7-13(18-10-11)15(20)19-9-2-1-5-14(19)12-4-3-8-17-12/h6-7,10,12,14,17H,1-5,8-9H2. The zero-order chi connectivity index (χ0) is 13.9. The molecule has 0 bridgehead atoms. The number of aromatic nitrogens is 1. The topological polar surface area (TPSA) is 45.2 Å². The number of nitrogens with zero attached hydrogens (tertiary/aromatic N) is 2. The molecule has 2 aliphatic heterocycles. The molecular weight excluding hydrogens is 257 g/mol. The molecule has 0 radical (unpaired) electrons. The fourth-order valence-electron chi connectivity index (χ4n) is 3.32. The first-order valence-electron chi connectivity index (χ1n) is 7.41. The molecule has 1 N–H and O–H groups in total. The number of amides is 1. The minimum absolute atomic E-state index is 0.0663. The van der Waals surface area contributed by atoms with Crippen molar-refractivity contribution in [3.63, 3.8) is 0 Å². The maximum atomic E-state index is 12.9. The number of pyridine rings is 1. The number of likely N-dealkylation sites (tertiary alicyclic amines) is 1. The first kappa shape index (κ1) is 13.5. The summed E-state index contributed by atoms with van der Waals surface area (Å²) in [6, 6.07) is 3.43. The summed E-state index contributed by atoms with van der Waals surface area (Å²) in [7, 11) is 0. The molecule has 4 nitrogen and oxygen atoms in total. The molecule has 2 saturated heterocycles. The number of hydrogen-bond donors (Lipinski definition) is 1. The zero-order valence-electron chi connectivity index (χ0n) is 11.5. The number of hydrogen-bond acceptors (Lipinski definition) is 3. The van der Waals surface area contributed by atoms with E-state index in [1.54, 1.807) is 0 Å². The van der Waals surface area contributed by atoms with Crippen LogP contribution < -0.4 is 5.32 Å². The Labute approximate surface area is 118 Å². The molecule has 2 atom stereocenters. The Hall–Kier alpha value is -1.49. The lowest BCUT2D eigenvalue weighted by molar-refractivity contribution is 0.0557. The third kappa shape index (κ3) is 2.68. The average Bonchev–Trinajstić information content (AvgIpc) is 3.01. The number of piperidine rings is 1. The van der Waals surface area contributed by atoms with Crippen molar-refractivity contribution >= 4 is 5.91 Å². The summed E-state index contributed by atoms with van der Waals surface area (Å²) in [6.07, 6.45) is 6.67. The van der Waals surface area contributed by atoms with E-state index in [0.29, 0.717) is 11.7 Å².